The van der Waals surface area contributed by atoms with E-state index in [-0.39, 0.29) is 0 Å². The molecule has 0 radical (unpaired) electrons. The molecule has 0 aromatic carbocycles. The summed E-state index contributed by atoms with van der Waals surface area (Å²) in [6, 6.07) is 0. The van der Waals surface area contributed by atoms with E-state index in [1.165, 1.54) is 0 Å². The molecule has 2 aliphatic rings. The normalized spacial score (nSPS) is 46.3. The fraction of sp³-hybridized carbons (Fsp3) is 0.929. The van der Waals surface area contributed by atoms with E-state index in [1.807, 2.05) is 0 Å². The molecule has 0 bridgehead atoms. The molecule has 7 unspecified atom stereocenters. The largest absolute Gasteiger partial charge is 0.454 e. The minimum absolute atomic E-state index is 0.696. The first kappa shape index (κ1) is 21.4. The maximum atomic E-state index is 11.3. The SMILES string of the molecule is CC(=O)OC1C(O)C(CO)O[C@@]1(CO)O[C@@H]1OC(CO)C(O)C(O)C1O. The van der Waals surface area contributed by atoms with Gasteiger partial charge in [-0.05, 0) is 0 Å². The molecule has 12 nitrogen and oxygen atoms in total. The van der Waals surface area contributed by atoms with E-state index in [0.717, 1.165) is 6.92 Å². The standard InChI is InChI=1S/C14H24O12/c1-5(18)23-12-9(20)7(3-16)25-14(12,4-17)26-13-11(22)10(21)8(19)6(2-15)24-13/h6-13,15-17,19-22H,2-4H2,1H3/t6?,7?,8?,9?,10?,11?,12?,13-,14-/m0/s1. The van der Waals surface area contributed by atoms with Crippen LogP contribution in [0.3, 0.4) is 0 Å². The second-order valence-electron chi connectivity index (χ2n) is 6.14. The highest BCUT2D eigenvalue weighted by Crippen LogP contribution is 2.37. The maximum Gasteiger partial charge on any atom is 0.303 e. The number of ether oxygens (including phenoxy) is 4. The minimum Gasteiger partial charge on any atom is -0.454 e. The van der Waals surface area contributed by atoms with Gasteiger partial charge in [0, 0.05) is 6.92 Å². The van der Waals surface area contributed by atoms with Crippen LogP contribution in [0.15, 0.2) is 0 Å². The lowest BCUT2D eigenvalue weighted by Gasteiger charge is -2.43. The molecule has 152 valence electrons. The smallest absolute Gasteiger partial charge is 0.303 e. The Morgan fingerprint density at radius 1 is 0.962 bits per heavy atom. The van der Waals surface area contributed by atoms with Gasteiger partial charge in [-0.3, -0.25) is 4.79 Å². The van der Waals surface area contributed by atoms with Gasteiger partial charge in [-0.1, -0.05) is 0 Å². The lowest BCUT2D eigenvalue weighted by atomic mass is 9.99. The second-order valence-corrected chi connectivity index (χ2v) is 6.14. The first-order valence-corrected chi connectivity index (χ1v) is 7.94. The topological polar surface area (TPSA) is 196 Å². The van der Waals surface area contributed by atoms with Crippen molar-refractivity contribution in [1.82, 2.24) is 0 Å². The zero-order valence-electron chi connectivity index (χ0n) is 13.9. The van der Waals surface area contributed by atoms with Gasteiger partial charge < -0.3 is 54.7 Å². The van der Waals surface area contributed by atoms with Crippen LogP contribution in [-0.4, -0.2) is 116 Å². The average molecular weight is 384 g/mol. The number of esters is 1. The van der Waals surface area contributed by atoms with Crippen molar-refractivity contribution in [3.63, 3.8) is 0 Å². The molecule has 0 amide bonds. The van der Waals surface area contributed by atoms with Gasteiger partial charge in [-0.25, -0.2) is 0 Å². The minimum atomic E-state index is -2.23. The van der Waals surface area contributed by atoms with E-state index in [2.05, 4.69) is 0 Å². The Hall–Kier alpha value is -0.930. The Kier molecular flexibility index (Phi) is 6.90. The molecule has 2 saturated heterocycles. The van der Waals surface area contributed by atoms with Crippen molar-refractivity contribution in [2.75, 3.05) is 19.8 Å². The van der Waals surface area contributed by atoms with Gasteiger partial charge >= 0.3 is 5.97 Å². The number of hydrogen-bond donors (Lipinski definition) is 7. The van der Waals surface area contributed by atoms with Crippen LogP contribution in [0.2, 0.25) is 0 Å². The summed E-state index contributed by atoms with van der Waals surface area (Å²) in [5, 5.41) is 68.0. The van der Waals surface area contributed by atoms with Gasteiger partial charge in [-0.2, -0.15) is 0 Å². The third kappa shape index (κ3) is 3.84. The van der Waals surface area contributed by atoms with Crippen molar-refractivity contribution in [2.45, 2.75) is 61.7 Å². The van der Waals surface area contributed by atoms with Crippen LogP contribution in [0.25, 0.3) is 0 Å². The number of carbonyl (C=O) groups excluding carboxylic acids is 1. The third-order valence-corrected chi connectivity index (χ3v) is 4.33. The van der Waals surface area contributed by atoms with Crippen LogP contribution in [0, 0.1) is 0 Å². The number of aliphatic hydroxyl groups excluding tert-OH is 7. The van der Waals surface area contributed by atoms with Gasteiger partial charge in [0.2, 0.25) is 5.79 Å². The predicted molar refractivity (Wildman–Crippen MR) is 78.2 cm³/mol. The van der Waals surface area contributed by atoms with E-state index in [0.29, 0.717) is 0 Å². The van der Waals surface area contributed by atoms with Gasteiger partial charge in [0.15, 0.2) is 12.4 Å². The molecule has 7 N–H and O–H groups in total. The summed E-state index contributed by atoms with van der Waals surface area (Å²) in [7, 11) is 0. The molecule has 2 fully saturated rings. The molecule has 2 heterocycles. The van der Waals surface area contributed by atoms with Crippen molar-refractivity contribution < 1.29 is 59.5 Å². The Bertz CT molecular complexity index is 487. The monoisotopic (exact) mass is 384 g/mol. The fourth-order valence-corrected chi connectivity index (χ4v) is 2.95. The Labute approximate surface area is 148 Å². The lowest BCUT2D eigenvalue weighted by Crippen LogP contribution is -2.63. The van der Waals surface area contributed by atoms with Crippen LogP contribution in [-0.2, 0) is 23.7 Å². The average Bonchev–Trinajstić information content (AvgIpc) is 2.87. The first-order chi connectivity index (χ1) is 12.2. The van der Waals surface area contributed by atoms with Gasteiger partial charge in [0.05, 0.1) is 13.2 Å². The van der Waals surface area contributed by atoms with Crippen molar-refractivity contribution in [2.24, 2.45) is 0 Å². The van der Waals surface area contributed by atoms with E-state index in [4.69, 9.17) is 18.9 Å². The number of carbonyl (C=O) groups is 1. The Morgan fingerprint density at radius 2 is 1.58 bits per heavy atom. The molecular weight excluding hydrogens is 360 g/mol. The van der Waals surface area contributed by atoms with Gasteiger partial charge in [0.1, 0.15) is 43.2 Å². The van der Waals surface area contributed by atoms with Gasteiger partial charge in [0.25, 0.3) is 0 Å². The maximum absolute atomic E-state index is 11.3. The highest BCUT2D eigenvalue weighted by Gasteiger charge is 2.60. The van der Waals surface area contributed by atoms with Crippen molar-refractivity contribution in [3.8, 4) is 0 Å². The van der Waals surface area contributed by atoms with Crippen molar-refractivity contribution in [3.05, 3.63) is 0 Å². The first-order valence-electron chi connectivity index (χ1n) is 7.94. The number of hydrogen-bond acceptors (Lipinski definition) is 12. The molecule has 0 aromatic heterocycles. The zero-order chi connectivity index (χ0) is 19.6. The molecule has 12 heteroatoms. The fourth-order valence-electron chi connectivity index (χ4n) is 2.95. The van der Waals surface area contributed by atoms with E-state index >= 15 is 0 Å². The Morgan fingerprint density at radius 3 is 2.08 bits per heavy atom. The van der Waals surface area contributed by atoms with E-state index < -0.39 is 80.6 Å². The molecular formula is C14H24O12. The summed E-state index contributed by atoms with van der Waals surface area (Å²) in [5.41, 5.74) is 0. The van der Waals surface area contributed by atoms with Gasteiger partial charge in [-0.15, -0.1) is 0 Å². The number of aliphatic hydroxyl groups is 7. The van der Waals surface area contributed by atoms with Crippen molar-refractivity contribution >= 4 is 5.97 Å². The lowest BCUT2D eigenvalue weighted by molar-refractivity contribution is -0.383. The van der Waals surface area contributed by atoms with Crippen LogP contribution in [0.5, 0.6) is 0 Å². The van der Waals surface area contributed by atoms with Crippen LogP contribution >= 0.6 is 0 Å². The van der Waals surface area contributed by atoms with E-state index in [9.17, 15) is 40.5 Å². The molecule has 0 aliphatic carbocycles. The highest BCUT2D eigenvalue weighted by atomic mass is 16.8. The summed E-state index contributed by atoms with van der Waals surface area (Å²) in [6.07, 6.45) is -12.7. The quantitative estimate of drug-likeness (QED) is 0.216. The number of rotatable bonds is 6. The molecule has 0 saturated carbocycles. The third-order valence-electron chi connectivity index (χ3n) is 4.33. The van der Waals surface area contributed by atoms with Crippen LogP contribution in [0.1, 0.15) is 6.92 Å². The second kappa shape index (κ2) is 8.39. The van der Waals surface area contributed by atoms with Crippen LogP contribution in [0.4, 0.5) is 0 Å². The molecule has 2 rings (SSSR count). The molecule has 26 heavy (non-hydrogen) atoms. The summed E-state index contributed by atoms with van der Waals surface area (Å²) >= 11 is 0. The molecule has 2 aliphatic heterocycles. The summed E-state index contributed by atoms with van der Waals surface area (Å²) in [4.78, 5) is 11.3. The molecule has 0 aromatic rings. The van der Waals surface area contributed by atoms with Crippen molar-refractivity contribution in [1.29, 1.82) is 0 Å². The Balaban J connectivity index is 2.28. The van der Waals surface area contributed by atoms with Crippen LogP contribution < -0.4 is 0 Å². The molecule has 0 spiro atoms. The summed E-state index contributed by atoms with van der Waals surface area (Å²) < 4.78 is 20.8. The zero-order valence-corrected chi connectivity index (χ0v) is 13.9. The summed E-state index contributed by atoms with van der Waals surface area (Å²) in [6.45, 7) is -1.35. The highest BCUT2D eigenvalue weighted by molar-refractivity contribution is 5.66. The summed E-state index contributed by atoms with van der Waals surface area (Å²) in [5.74, 6) is -3.07. The van der Waals surface area contributed by atoms with E-state index in [1.54, 1.807) is 0 Å². The predicted octanol–water partition coefficient (Wildman–Crippen LogP) is -4.82. The molecule has 9 atom stereocenters.